The Morgan fingerprint density at radius 3 is 1.19 bits per heavy atom. The van der Waals surface area contributed by atoms with Crippen molar-refractivity contribution in [1.29, 1.82) is 10.5 Å². The second-order valence-corrected chi connectivity index (χ2v) is 25.9. The van der Waals surface area contributed by atoms with Crippen LogP contribution in [0.3, 0.4) is 0 Å². The van der Waals surface area contributed by atoms with E-state index in [2.05, 4.69) is 312 Å². The fourth-order valence-corrected chi connectivity index (χ4v) is 15.8. The number of rotatable bonds is 7. The van der Waals surface area contributed by atoms with Gasteiger partial charge in [-0.1, -0.05) is 249 Å². The standard InChI is InChI=1S/C53H32N2.C42H25N3/c54-33-34-24-26-46-47-27-25-37(30-53(47)55(52(46)28-34)39-16-2-1-3-17-39)36-14-10-15-38(29-36)48-31-50-45-22-9-8-21-44(45)49(32-51(50)43-20-7-6-19-42(43)48)41-23-11-13-35-12-4-5-18-40(35)41;43-25-27-14-18-36-37-20-16-29(23-42(37)45(41(36)22-27)31-9-2-1-3-10-31)40-21-17-30(26-44-40)38-24-39-32-11-5-4-8-28(32)15-19-35(39)33-12-6-7-13-34(33)38/h1-32H;1-24,26H. The lowest BCUT2D eigenvalue weighted by atomic mass is 9.86. The molecule has 0 bridgehead atoms. The minimum atomic E-state index is 0.647. The second kappa shape index (κ2) is 23.6. The van der Waals surface area contributed by atoms with E-state index < -0.39 is 0 Å². The Kier molecular flexibility index (Phi) is 13.6. The van der Waals surface area contributed by atoms with Gasteiger partial charge >= 0.3 is 0 Å². The largest absolute Gasteiger partial charge is 0.309 e. The van der Waals surface area contributed by atoms with Crippen LogP contribution in [0, 0.1) is 22.7 Å². The Morgan fingerprint density at radius 1 is 0.220 bits per heavy atom. The van der Waals surface area contributed by atoms with Gasteiger partial charge in [-0.3, -0.25) is 4.98 Å². The van der Waals surface area contributed by atoms with Crippen molar-refractivity contribution in [3.63, 3.8) is 0 Å². The molecule has 0 aliphatic heterocycles. The summed E-state index contributed by atoms with van der Waals surface area (Å²) in [6.07, 6.45) is 2.00. The van der Waals surface area contributed by atoms with Crippen LogP contribution in [-0.4, -0.2) is 14.1 Å². The summed E-state index contributed by atoms with van der Waals surface area (Å²) in [5.41, 5.74) is 19.1. The maximum Gasteiger partial charge on any atom is 0.0992 e. The van der Waals surface area contributed by atoms with Crippen LogP contribution in [0.15, 0.2) is 346 Å². The van der Waals surface area contributed by atoms with Crippen molar-refractivity contribution in [3.05, 3.63) is 357 Å². The molecule has 0 aliphatic rings. The van der Waals surface area contributed by atoms with Crippen LogP contribution in [-0.2, 0) is 0 Å². The summed E-state index contributed by atoms with van der Waals surface area (Å²) in [6.45, 7) is 0. The smallest absolute Gasteiger partial charge is 0.0992 e. The molecule has 0 saturated carbocycles. The molecule has 20 rings (SSSR count). The molecule has 0 fully saturated rings. The van der Waals surface area contributed by atoms with Crippen LogP contribution in [0.4, 0.5) is 0 Å². The zero-order valence-corrected chi connectivity index (χ0v) is 54.1. The molecule has 0 N–H and O–H groups in total. The van der Waals surface area contributed by atoms with E-state index in [1.807, 2.05) is 54.7 Å². The number of nitriles is 2. The molecular formula is C95H57N5. The van der Waals surface area contributed by atoms with Gasteiger partial charge in [-0.2, -0.15) is 10.5 Å². The normalized spacial score (nSPS) is 11.6. The Hall–Kier alpha value is -13.7. The van der Waals surface area contributed by atoms with E-state index in [9.17, 15) is 10.5 Å². The first kappa shape index (κ1) is 57.7. The van der Waals surface area contributed by atoms with Gasteiger partial charge < -0.3 is 9.13 Å². The molecule has 0 spiro atoms. The van der Waals surface area contributed by atoms with Crippen LogP contribution in [0.5, 0.6) is 0 Å². The topological polar surface area (TPSA) is 70.3 Å². The first-order valence-electron chi connectivity index (χ1n) is 33.8. The lowest BCUT2D eigenvalue weighted by Gasteiger charge is -2.17. The molecular weight excluding hydrogens is 1210 g/mol. The van der Waals surface area contributed by atoms with E-state index in [4.69, 9.17) is 4.98 Å². The van der Waals surface area contributed by atoms with E-state index >= 15 is 0 Å². The first-order valence-corrected chi connectivity index (χ1v) is 33.8. The van der Waals surface area contributed by atoms with Gasteiger partial charge in [0.2, 0.25) is 0 Å². The average molecular weight is 1270 g/mol. The van der Waals surface area contributed by atoms with Crippen molar-refractivity contribution in [2.75, 3.05) is 0 Å². The van der Waals surface area contributed by atoms with Gasteiger partial charge in [0.15, 0.2) is 0 Å². The maximum absolute atomic E-state index is 9.76. The monoisotopic (exact) mass is 1270 g/mol. The van der Waals surface area contributed by atoms with Crippen LogP contribution in [0.1, 0.15) is 11.1 Å². The van der Waals surface area contributed by atoms with Crippen LogP contribution in [0.2, 0.25) is 0 Å². The molecule has 3 heterocycles. The molecule has 20 aromatic rings. The number of pyridine rings is 1. The number of benzene rings is 17. The highest BCUT2D eigenvalue weighted by Crippen LogP contribution is 2.46. The molecule has 0 unspecified atom stereocenters. The zero-order chi connectivity index (χ0) is 66.4. The Balaban J connectivity index is 0.000000142. The van der Waals surface area contributed by atoms with Gasteiger partial charge in [0.05, 0.1) is 51.0 Å². The number of aromatic nitrogens is 3. The number of fused-ring (bicyclic) bond motifs is 17. The van der Waals surface area contributed by atoms with E-state index in [1.165, 1.54) is 109 Å². The molecule has 0 atom stereocenters. The quantitative estimate of drug-likeness (QED) is 0.149. The Morgan fingerprint density at radius 2 is 0.610 bits per heavy atom. The first-order chi connectivity index (χ1) is 49.5. The minimum absolute atomic E-state index is 0.647. The van der Waals surface area contributed by atoms with Gasteiger partial charge in [-0.25, -0.2) is 0 Å². The number of hydrogen-bond acceptors (Lipinski definition) is 3. The second-order valence-electron chi connectivity index (χ2n) is 25.9. The lowest BCUT2D eigenvalue weighted by Crippen LogP contribution is -1.94. The Labute approximate surface area is 576 Å². The van der Waals surface area contributed by atoms with E-state index in [1.54, 1.807) is 0 Å². The summed E-state index contributed by atoms with van der Waals surface area (Å²) in [5, 5.41) is 41.5. The van der Waals surface area contributed by atoms with Crippen molar-refractivity contribution < 1.29 is 0 Å². The number of para-hydroxylation sites is 2. The fraction of sp³-hybridized carbons (Fsp3) is 0. The third-order valence-electron chi connectivity index (χ3n) is 20.4. The summed E-state index contributed by atoms with van der Waals surface area (Å²) >= 11 is 0. The zero-order valence-electron chi connectivity index (χ0n) is 54.1. The molecule has 3 aromatic heterocycles. The third kappa shape index (κ3) is 9.49. The third-order valence-corrected chi connectivity index (χ3v) is 20.4. The molecule has 0 saturated heterocycles. The highest BCUT2D eigenvalue weighted by atomic mass is 15.0. The van der Waals surface area contributed by atoms with Crippen LogP contribution < -0.4 is 0 Å². The summed E-state index contributed by atoms with van der Waals surface area (Å²) in [7, 11) is 0. The van der Waals surface area contributed by atoms with Gasteiger partial charge in [-0.05, 0) is 205 Å². The van der Waals surface area contributed by atoms with Crippen molar-refractivity contribution in [1.82, 2.24) is 14.1 Å². The SMILES string of the molecule is N#Cc1ccc2c3ccc(-c4ccc(-c5cc6c7ccccc7ccc6c6ccccc56)cn4)cc3n(-c3ccccc3)c2c1.N#Cc1ccc2c3ccc(-c4cccc(-c5cc6c7ccccc7c(-c7cccc8ccccc78)cc6c6ccccc56)c4)cc3n(-c3ccccc3)c2c1. The minimum Gasteiger partial charge on any atom is -0.309 e. The summed E-state index contributed by atoms with van der Waals surface area (Å²) in [4.78, 5) is 5.01. The number of nitrogens with zero attached hydrogens (tertiary/aromatic N) is 5. The van der Waals surface area contributed by atoms with Crippen molar-refractivity contribution >= 4 is 119 Å². The molecule has 0 radical (unpaired) electrons. The molecule has 0 amide bonds. The Bertz CT molecular complexity index is 6840. The predicted octanol–water partition coefficient (Wildman–Crippen LogP) is 25.1. The predicted molar refractivity (Wildman–Crippen MR) is 419 cm³/mol. The van der Waals surface area contributed by atoms with Crippen molar-refractivity contribution in [2.45, 2.75) is 0 Å². The summed E-state index contributed by atoms with van der Waals surface area (Å²) in [6, 6.07) is 126. The maximum atomic E-state index is 9.76. The molecule has 0 aliphatic carbocycles. The van der Waals surface area contributed by atoms with Crippen LogP contribution >= 0.6 is 0 Å². The van der Waals surface area contributed by atoms with Gasteiger partial charge in [0, 0.05) is 50.2 Å². The summed E-state index contributed by atoms with van der Waals surface area (Å²) in [5.74, 6) is 0. The van der Waals surface area contributed by atoms with Crippen LogP contribution in [0.25, 0.3) is 186 Å². The van der Waals surface area contributed by atoms with Gasteiger partial charge in [0.25, 0.3) is 0 Å². The fourth-order valence-electron chi connectivity index (χ4n) is 15.8. The van der Waals surface area contributed by atoms with Gasteiger partial charge in [-0.15, -0.1) is 0 Å². The highest BCUT2D eigenvalue weighted by molar-refractivity contribution is 6.25. The van der Waals surface area contributed by atoms with Crippen molar-refractivity contribution in [2.24, 2.45) is 0 Å². The summed E-state index contributed by atoms with van der Waals surface area (Å²) < 4.78 is 4.53. The molecule has 462 valence electrons. The van der Waals surface area contributed by atoms with Gasteiger partial charge in [0.1, 0.15) is 0 Å². The lowest BCUT2D eigenvalue weighted by molar-refractivity contribution is 1.18. The molecule has 17 aromatic carbocycles. The van der Waals surface area contributed by atoms with E-state index in [0.29, 0.717) is 11.1 Å². The van der Waals surface area contributed by atoms with Crippen molar-refractivity contribution in [3.8, 4) is 79.3 Å². The molecule has 5 heteroatoms. The van der Waals surface area contributed by atoms with E-state index in [-0.39, 0.29) is 0 Å². The molecule has 100 heavy (non-hydrogen) atoms. The average Bonchev–Trinajstić information content (AvgIpc) is 1.70. The molecule has 5 nitrogen and oxygen atoms in total. The highest BCUT2D eigenvalue weighted by Gasteiger charge is 2.21. The van der Waals surface area contributed by atoms with E-state index in [0.717, 1.165) is 77.5 Å². The number of hydrogen-bond donors (Lipinski definition) is 0.